The predicted octanol–water partition coefficient (Wildman–Crippen LogP) is 3.48. The molecule has 150 valence electrons. The summed E-state index contributed by atoms with van der Waals surface area (Å²) in [7, 11) is 0. The van der Waals surface area contributed by atoms with Crippen molar-refractivity contribution in [2.24, 2.45) is 0 Å². The lowest BCUT2D eigenvalue weighted by Crippen LogP contribution is -2.27. The summed E-state index contributed by atoms with van der Waals surface area (Å²) in [4.78, 5) is 22.0. The molecule has 1 fully saturated rings. The first-order valence-corrected chi connectivity index (χ1v) is 10.2. The molecule has 6 nitrogen and oxygen atoms in total. The van der Waals surface area contributed by atoms with Crippen LogP contribution < -0.4 is 5.32 Å². The number of carbonyl (C=O) groups excluding carboxylic acids is 1. The lowest BCUT2D eigenvalue weighted by atomic mass is 9.91. The molecule has 0 radical (unpaired) electrons. The second-order valence-electron chi connectivity index (χ2n) is 7.92. The summed E-state index contributed by atoms with van der Waals surface area (Å²) in [6, 6.07) is 6.02. The van der Waals surface area contributed by atoms with Gasteiger partial charge in [0.2, 0.25) is 0 Å². The number of Topliss-reactive ketones (excluding diaryl/α,β-unsaturated/α-hetero) is 1. The molecular weight excluding hydrogens is 362 g/mol. The van der Waals surface area contributed by atoms with E-state index in [1.54, 1.807) is 17.1 Å². The maximum atomic E-state index is 12.9. The van der Waals surface area contributed by atoms with Crippen molar-refractivity contribution in [3.05, 3.63) is 70.4 Å². The van der Waals surface area contributed by atoms with Gasteiger partial charge in [-0.2, -0.15) is 5.10 Å². The Kier molecular flexibility index (Phi) is 5.53. The van der Waals surface area contributed by atoms with Gasteiger partial charge in [-0.05, 0) is 69.5 Å². The normalized spacial score (nSPS) is 14.9. The van der Waals surface area contributed by atoms with Gasteiger partial charge in [0, 0.05) is 30.4 Å². The molecule has 1 N–H and O–H groups in total. The van der Waals surface area contributed by atoms with Gasteiger partial charge in [-0.1, -0.05) is 12.1 Å². The predicted molar refractivity (Wildman–Crippen MR) is 113 cm³/mol. The Balaban J connectivity index is 1.51. The molecule has 0 aromatic carbocycles. The lowest BCUT2D eigenvalue weighted by Gasteiger charge is -2.23. The molecule has 0 spiro atoms. The van der Waals surface area contributed by atoms with Crippen molar-refractivity contribution in [3.63, 3.8) is 0 Å². The smallest absolute Gasteiger partial charge is 0.170 e. The third kappa shape index (κ3) is 4.12. The molecule has 29 heavy (non-hydrogen) atoms. The van der Waals surface area contributed by atoms with Crippen LogP contribution in [0.25, 0.3) is 5.82 Å². The third-order valence-corrected chi connectivity index (χ3v) is 5.69. The second kappa shape index (κ2) is 8.25. The summed E-state index contributed by atoms with van der Waals surface area (Å²) in [6.07, 6.45) is 7.88. The molecule has 0 amide bonds. The van der Waals surface area contributed by atoms with Crippen molar-refractivity contribution >= 4 is 5.78 Å². The molecule has 3 aromatic heterocycles. The largest absolute Gasteiger partial charge is 0.317 e. The number of piperidine rings is 1. The van der Waals surface area contributed by atoms with Gasteiger partial charge >= 0.3 is 0 Å². The number of carbonyl (C=O) groups is 1. The first-order valence-electron chi connectivity index (χ1n) is 10.2. The zero-order chi connectivity index (χ0) is 20.4. The van der Waals surface area contributed by atoms with Gasteiger partial charge in [-0.25, -0.2) is 9.67 Å². The van der Waals surface area contributed by atoms with Gasteiger partial charge < -0.3 is 5.32 Å². The van der Waals surface area contributed by atoms with Crippen LogP contribution in [-0.2, 0) is 6.42 Å². The van der Waals surface area contributed by atoms with Gasteiger partial charge in [0.15, 0.2) is 11.6 Å². The van der Waals surface area contributed by atoms with Crippen LogP contribution in [0, 0.1) is 20.8 Å². The van der Waals surface area contributed by atoms with Crippen molar-refractivity contribution < 1.29 is 4.79 Å². The first-order chi connectivity index (χ1) is 14.0. The number of pyridine rings is 2. The van der Waals surface area contributed by atoms with E-state index in [0.29, 0.717) is 17.9 Å². The molecule has 1 aliphatic rings. The first kappa shape index (κ1) is 19.5. The Labute approximate surface area is 171 Å². The zero-order valence-electron chi connectivity index (χ0n) is 17.3. The van der Waals surface area contributed by atoms with E-state index in [1.807, 2.05) is 32.2 Å². The number of hydrogen-bond acceptors (Lipinski definition) is 5. The molecule has 4 rings (SSSR count). The number of nitrogens with one attached hydrogen (secondary N) is 1. The Morgan fingerprint density at radius 2 is 1.90 bits per heavy atom. The summed E-state index contributed by atoms with van der Waals surface area (Å²) >= 11 is 0. The minimum Gasteiger partial charge on any atom is -0.317 e. The molecule has 6 heteroatoms. The van der Waals surface area contributed by atoms with Gasteiger partial charge in [0.1, 0.15) is 0 Å². The van der Waals surface area contributed by atoms with Crippen molar-refractivity contribution in [2.45, 2.75) is 46.0 Å². The summed E-state index contributed by atoms with van der Waals surface area (Å²) in [5, 5.41) is 7.78. The van der Waals surface area contributed by atoms with E-state index < -0.39 is 0 Å². The van der Waals surface area contributed by atoms with Crippen LogP contribution in [0.15, 0.2) is 36.8 Å². The topological polar surface area (TPSA) is 72.7 Å². The molecule has 0 atom stereocenters. The third-order valence-electron chi connectivity index (χ3n) is 5.69. The molecule has 3 aromatic rings. The average molecular weight is 390 g/mol. The highest BCUT2D eigenvalue weighted by Gasteiger charge is 2.20. The van der Waals surface area contributed by atoms with Crippen LogP contribution in [0.5, 0.6) is 0 Å². The number of nitrogens with zero attached hydrogens (tertiary/aromatic N) is 4. The van der Waals surface area contributed by atoms with Crippen LogP contribution in [-0.4, -0.2) is 38.6 Å². The van der Waals surface area contributed by atoms with E-state index in [2.05, 4.69) is 28.4 Å². The van der Waals surface area contributed by atoms with Gasteiger partial charge in [0.05, 0.1) is 17.5 Å². The quantitative estimate of drug-likeness (QED) is 0.677. The molecule has 0 unspecified atom stereocenters. The Morgan fingerprint density at radius 1 is 1.10 bits per heavy atom. The fourth-order valence-corrected chi connectivity index (χ4v) is 4.04. The van der Waals surface area contributed by atoms with Gasteiger partial charge in [0.25, 0.3) is 0 Å². The SMILES string of the molecule is Cc1ccc(-n2ncc(C(=O)Cc3cnc(C4CCNCC4)c(C)c3)c2C)nc1. The highest BCUT2D eigenvalue weighted by Crippen LogP contribution is 2.26. The lowest BCUT2D eigenvalue weighted by molar-refractivity contribution is 0.0992. The monoisotopic (exact) mass is 389 g/mol. The van der Waals surface area contributed by atoms with E-state index in [9.17, 15) is 4.79 Å². The van der Waals surface area contributed by atoms with Crippen LogP contribution in [0.2, 0.25) is 0 Å². The van der Waals surface area contributed by atoms with Crippen molar-refractivity contribution in [1.29, 1.82) is 0 Å². The van der Waals surface area contributed by atoms with Crippen LogP contribution in [0.1, 0.15) is 57.2 Å². The summed E-state index contributed by atoms with van der Waals surface area (Å²) in [6.45, 7) is 8.10. The molecule has 0 bridgehead atoms. The average Bonchev–Trinajstić information content (AvgIpc) is 3.11. The van der Waals surface area contributed by atoms with Crippen molar-refractivity contribution in [3.8, 4) is 5.82 Å². The highest BCUT2D eigenvalue weighted by molar-refractivity contribution is 5.98. The number of rotatable bonds is 5. The molecule has 1 aliphatic heterocycles. The standard InChI is InChI=1S/C23H27N5O/c1-15-4-5-22(25-12-15)28-17(3)20(14-27-28)21(29)11-18-10-16(2)23(26-13-18)19-6-8-24-9-7-19/h4-5,10,12-14,19,24H,6-9,11H2,1-3H3. The molecular formula is C23H27N5O. The van der Waals surface area contributed by atoms with E-state index in [0.717, 1.165) is 48.6 Å². The highest BCUT2D eigenvalue weighted by atomic mass is 16.1. The summed E-state index contributed by atoms with van der Waals surface area (Å²) in [5.74, 6) is 1.29. The number of hydrogen-bond donors (Lipinski definition) is 1. The van der Waals surface area contributed by atoms with Crippen LogP contribution in [0.4, 0.5) is 0 Å². The van der Waals surface area contributed by atoms with Crippen molar-refractivity contribution in [2.75, 3.05) is 13.1 Å². The Morgan fingerprint density at radius 3 is 2.59 bits per heavy atom. The molecule has 0 saturated carbocycles. The number of aryl methyl sites for hydroxylation is 2. The van der Waals surface area contributed by atoms with E-state index in [-0.39, 0.29) is 5.78 Å². The van der Waals surface area contributed by atoms with Gasteiger partial charge in [-0.15, -0.1) is 0 Å². The zero-order valence-corrected chi connectivity index (χ0v) is 17.3. The number of aromatic nitrogens is 4. The maximum Gasteiger partial charge on any atom is 0.170 e. The molecule has 1 saturated heterocycles. The van der Waals surface area contributed by atoms with Gasteiger partial charge in [-0.3, -0.25) is 9.78 Å². The summed E-state index contributed by atoms with van der Waals surface area (Å²) in [5.41, 5.74) is 5.84. The molecule has 0 aliphatic carbocycles. The Bertz CT molecular complexity index is 1020. The minimum absolute atomic E-state index is 0.0525. The fourth-order valence-electron chi connectivity index (χ4n) is 4.04. The summed E-state index contributed by atoms with van der Waals surface area (Å²) < 4.78 is 1.72. The Hall–Kier alpha value is -2.86. The van der Waals surface area contributed by atoms with E-state index in [1.165, 1.54) is 11.3 Å². The van der Waals surface area contributed by atoms with Crippen LogP contribution in [0.3, 0.4) is 0 Å². The fraction of sp³-hybridized carbons (Fsp3) is 0.391. The van der Waals surface area contributed by atoms with E-state index in [4.69, 9.17) is 4.98 Å². The minimum atomic E-state index is 0.0525. The number of ketones is 1. The second-order valence-corrected chi connectivity index (χ2v) is 7.92. The van der Waals surface area contributed by atoms with Crippen LogP contribution >= 0.6 is 0 Å². The van der Waals surface area contributed by atoms with E-state index >= 15 is 0 Å². The van der Waals surface area contributed by atoms with Crippen molar-refractivity contribution in [1.82, 2.24) is 25.1 Å². The molecule has 4 heterocycles. The maximum absolute atomic E-state index is 12.9.